The number of carbonyl (C=O) groups excluding carboxylic acids is 1. The van der Waals surface area contributed by atoms with Crippen LogP contribution in [0.1, 0.15) is 12.5 Å². The maximum absolute atomic E-state index is 13.4. The Labute approximate surface area is 187 Å². The van der Waals surface area contributed by atoms with Crippen molar-refractivity contribution in [2.75, 3.05) is 23.1 Å². The molecule has 0 radical (unpaired) electrons. The molecule has 0 fully saturated rings. The third-order valence-corrected chi connectivity index (χ3v) is 7.29. The summed E-state index contributed by atoms with van der Waals surface area (Å²) in [5.74, 6) is 0.284. The molecule has 0 aliphatic heterocycles. The minimum absolute atomic E-state index is 0.152. The number of rotatable bonds is 10. The second kappa shape index (κ2) is 11.0. The van der Waals surface area contributed by atoms with E-state index in [9.17, 15) is 13.2 Å². The zero-order valence-electron chi connectivity index (χ0n) is 17.3. The second-order valence-corrected chi connectivity index (χ2v) is 9.65. The lowest BCUT2D eigenvalue weighted by molar-refractivity contribution is -0.119. The number of aromatic nitrogens is 1. The predicted octanol–water partition coefficient (Wildman–Crippen LogP) is 3.75. The number of anilines is 1. The molecular weight excluding hydrogens is 430 g/mol. The number of nitrogens with one attached hydrogen (secondary N) is 1. The van der Waals surface area contributed by atoms with E-state index in [0.717, 1.165) is 10.6 Å². The first-order valence-electron chi connectivity index (χ1n) is 9.98. The molecule has 0 aliphatic carbocycles. The lowest BCUT2D eigenvalue weighted by atomic mass is 10.1. The topological polar surface area (TPSA) is 79.4 Å². The molecule has 1 aromatic heterocycles. The molecule has 2 aromatic carbocycles. The number of hydrogen-bond donors (Lipinski definition) is 1. The molecule has 31 heavy (non-hydrogen) atoms. The lowest BCUT2D eigenvalue weighted by Gasteiger charge is -2.26. The molecule has 3 aromatic rings. The predicted molar refractivity (Wildman–Crippen MR) is 125 cm³/mol. The molecule has 0 bridgehead atoms. The van der Waals surface area contributed by atoms with E-state index in [1.165, 1.54) is 28.2 Å². The van der Waals surface area contributed by atoms with Crippen molar-refractivity contribution < 1.29 is 13.2 Å². The van der Waals surface area contributed by atoms with Crippen LogP contribution in [0.5, 0.6) is 0 Å². The molecule has 1 heterocycles. The van der Waals surface area contributed by atoms with Gasteiger partial charge in [-0.05, 0) is 42.3 Å². The summed E-state index contributed by atoms with van der Waals surface area (Å²) >= 11 is 1.53. The van der Waals surface area contributed by atoms with Crippen molar-refractivity contribution in [1.82, 2.24) is 10.3 Å². The molecule has 0 aliphatic rings. The van der Waals surface area contributed by atoms with Crippen LogP contribution in [0.4, 0.5) is 5.69 Å². The highest BCUT2D eigenvalue weighted by Gasteiger charge is 2.28. The summed E-state index contributed by atoms with van der Waals surface area (Å²) in [5, 5.41) is 3.70. The monoisotopic (exact) mass is 455 g/mol. The molecule has 1 N–H and O–H groups in total. The van der Waals surface area contributed by atoms with Gasteiger partial charge >= 0.3 is 0 Å². The second-order valence-electron chi connectivity index (χ2n) is 6.67. The third kappa shape index (κ3) is 6.08. The summed E-state index contributed by atoms with van der Waals surface area (Å²) in [6, 6.07) is 21.1. The van der Waals surface area contributed by atoms with Crippen molar-refractivity contribution in [2.24, 2.45) is 0 Å². The van der Waals surface area contributed by atoms with E-state index in [4.69, 9.17) is 0 Å². The van der Waals surface area contributed by atoms with Crippen molar-refractivity contribution in [3.05, 3.63) is 84.6 Å². The van der Waals surface area contributed by atoms with Crippen molar-refractivity contribution >= 4 is 33.4 Å². The van der Waals surface area contributed by atoms with E-state index < -0.39 is 10.0 Å². The molecule has 0 spiro atoms. The minimum atomic E-state index is -3.90. The summed E-state index contributed by atoms with van der Waals surface area (Å²) < 4.78 is 28.0. The molecule has 8 heteroatoms. The van der Waals surface area contributed by atoms with Crippen molar-refractivity contribution in [1.29, 1.82) is 0 Å². The quantitative estimate of drug-likeness (QED) is 0.372. The standard InChI is InChI=1S/C23H25N3O3S2/c1-2-19-10-6-7-13-21(19)26(31(28,29)20-11-4-3-5-12-20)18-22(27)24-16-17-30-23-14-8-9-15-25-23/h3-15H,2,16-18H2,1H3,(H,24,27). The van der Waals surface area contributed by atoms with Crippen LogP contribution in [-0.2, 0) is 21.2 Å². The van der Waals surface area contributed by atoms with Gasteiger partial charge in [-0.25, -0.2) is 13.4 Å². The Bertz CT molecular complexity index is 1090. The fourth-order valence-corrected chi connectivity index (χ4v) is 5.24. The summed E-state index contributed by atoms with van der Waals surface area (Å²) in [6.07, 6.45) is 2.37. The highest BCUT2D eigenvalue weighted by molar-refractivity contribution is 7.99. The molecule has 162 valence electrons. The maximum Gasteiger partial charge on any atom is 0.264 e. The number of hydrogen-bond acceptors (Lipinski definition) is 5. The van der Waals surface area contributed by atoms with Crippen LogP contribution in [0, 0.1) is 0 Å². The molecule has 0 atom stereocenters. The van der Waals surface area contributed by atoms with Crippen LogP contribution < -0.4 is 9.62 Å². The van der Waals surface area contributed by atoms with Gasteiger partial charge in [-0.2, -0.15) is 0 Å². The number of nitrogens with zero attached hydrogens (tertiary/aromatic N) is 2. The summed E-state index contributed by atoms with van der Waals surface area (Å²) in [7, 11) is -3.90. The third-order valence-electron chi connectivity index (χ3n) is 4.57. The number of sulfonamides is 1. The van der Waals surface area contributed by atoms with Gasteiger partial charge < -0.3 is 5.32 Å². The van der Waals surface area contributed by atoms with Gasteiger partial charge in [0.1, 0.15) is 6.54 Å². The van der Waals surface area contributed by atoms with Gasteiger partial charge in [0.2, 0.25) is 5.91 Å². The van der Waals surface area contributed by atoms with Crippen LogP contribution in [0.25, 0.3) is 0 Å². The van der Waals surface area contributed by atoms with Crippen molar-refractivity contribution in [2.45, 2.75) is 23.3 Å². The molecule has 3 rings (SSSR count). The van der Waals surface area contributed by atoms with E-state index in [1.54, 1.807) is 36.5 Å². The Morgan fingerprint density at radius 2 is 1.71 bits per heavy atom. The highest BCUT2D eigenvalue weighted by Crippen LogP contribution is 2.27. The Balaban J connectivity index is 1.75. The van der Waals surface area contributed by atoms with Crippen LogP contribution in [0.15, 0.2) is 88.9 Å². The number of para-hydroxylation sites is 1. The van der Waals surface area contributed by atoms with Crippen LogP contribution in [0.3, 0.4) is 0 Å². The number of pyridine rings is 1. The summed E-state index contributed by atoms with van der Waals surface area (Å²) in [5.41, 5.74) is 1.38. The normalized spacial score (nSPS) is 11.1. The van der Waals surface area contributed by atoms with E-state index >= 15 is 0 Å². The van der Waals surface area contributed by atoms with Crippen molar-refractivity contribution in [3.63, 3.8) is 0 Å². The molecule has 6 nitrogen and oxygen atoms in total. The van der Waals surface area contributed by atoms with E-state index in [2.05, 4.69) is 10.3 Å². The fourth-order valence-electron chi connectivity index (χ4n) is 3.04. The fraction of sp³-hybridized carbons (Fsp3) is 0.217. The number of carbonyl (C=O) groups is 1. The Morgan fingerprint density at radius 3 is 2.42 bits per heavy atom. The molecular formula is C23H25N3O3S2. The number of aryl methyl sites for hydroxylation is 1. The Morgan fingerprint density at radius 1 is 1.00 bits per heavy atom. The van der Waals surface area contributed by atoms with E-state index in [0.29, 0.717) is 24.4 Å². The summed E-state index contributed by atoms with van der Waals surface area (Å²) in [6.45, 7) is 2.08. The minimum Gasteiger partial charge on any atom is -0.354 e. The van der Waals surface area contributed by atoms with Gasteiger partial charge in [-0.15, -0.1) is 11.8 Å². The summed E-state index contributed by atoms with van der Waals surface area (Å²) in [4.78, 5) is 17.1. The van der Waals surface area contributed by atoms with E-state index in [-0.39, 0.29) is 17.3 Å². The lowest BCUT2D eigenvalue weighted by Crippen LogP contribution is -2.41. The molecule has 0 unspecified atom stereocenters. The first-order chi connectivity index (χ1) is 15.0. The largest absolute Gasteiger partial charge is 0.354 e. The first kappa shape index (κ1) is 22.8. The smallest absolute Gasteiger partial charge is 0.264 e. The molecule has 0 saturated carbocycles. The Kier molecular flexibility index (Phi) is 8.08. The highest BCUT2D eigenvalue weighted by atomic mass is 32.2. The van der Waals surface area contributed by atoms with Gasteiger partial charge in [0.15, 0.2) is 0 Å². The average molecular weight is 456 g/mol. The van der Waals surface area contributed by atoms with Gasteiger partial charge in [0.25, 0.3) is 10.0 Å². The number of thioether (sulfide) groups is 1. The van der Waals surface area contributed by atoms with Gasteiger partial charge in [0, 0.05) is 18.5 Å². The SMILES string of the molecule is CCc1ccccc1N(CC(=O)NCCSc1ccccn1)S(=O)(=O)c1ccccc1. The Hall–Kier alpha value is -2.84. The van der Waals surface area contributed by atoms with Crippen LogP contribution in [-0.4, -0.2) is 38.2 Å². The van der Waals surface area contributed by atoms with Crippen LogP contribution in [0.2, 0.25) is 0 Å². The average Bonchev–Trinajstić information content (AvgIpc) is 2.81. The molecule has 1 amide bonds. The molecule has 0 saturated heterocycles. The van der Waals surface area contributed by atoms with Crippen molar-refractivity contribution in [3.8, 4) is 0 Å². The maximum atomic E-state index is 13.4. The van der Waals surface area contributed by atoms with Gasteiger partial charge in [-0.3, -0.25) is 9.10 Å². The number of amides is 1. The zero-order chi connectivity index (χ0) is 22.1. The first-order valence-corrected chi connectivity index (χ1v) is 12.4. The van der Waals surface area contributed by atoms with Gasteiger partial charge in [0.05, 0.1) is 15.6 Å². The van der Waals surface area contributed by atoms with Crippen LogP contribution >= 0.6 is 11.8 Å². The number of benzene rings is 2. The zero-order valence-corrected chi connectivity index (χ0v) is 18.9. The van der Waals surface area contributed by atoms with Gasteiger partial charge in [-0.1, -0.05) is 49.4 Å². The van der Waals surface area contributed by atoms with E-state index in [1.807, 2.05) is 37.3 Å².